The molecule has 2 rings (SSSR count). The summed E-state index contributed by atoms with van der Waals surface area (Å²) in [7, 11) is 0. The van der Waals surface area contributed by atoms with Crippen molar-refractivity contribution < 1.29 is 9.84 Å². The van der Waals surface area contributed by atoms with Crippen LogP contribution >= 0.6 is 0 Å². The Morgan fingerprint density at radius 1 is 1.59 bits per heavy atom. The molecular formula is C15H24O2. The van der Waals surface area contributed by atoms with Crippen LogP contribution < -0.4 is 0 Å². The van der Waals surface area contributed by atoms with E-state index < -0.39 is 0 Å². The number of aliphatic hydroxyl groups excluding tert-OH is 1. The van der Waals surface area contributed by atoms with Crippen LogP contribution in [0.4, 0.5) is 0 Å². The fourth-order valence-corrected chi connectivity index (χ4v) is 2.93. The second-order valence-electron chi connectivity index (χ2n) is 5.95. The molecule has 0 amide bonds. The van der Waals surface area contributed by atoms with Crippen molar-refractivity contribution in [3.8, 4) is 0 Å². The summed E-state index contributed by atoms with van der Waals surface area (Å²) < 4.78 is 5.90. The zero-order chi connectivity index (χ0) is 12.6. The second-order valence-corrected chi connectivity index (χ2v) is 5.95. The van der Waals surface area contributed by atoms with E-state index in [0.717, 1.165) is 25.7 Å². The molecule has 17 heavy (non-hydrogen) atoms. The Labute approximate surface area is 104 Å². The molecule has 96 valence electrons. The minimum atomic E-state index is -0.171. The van der Waals surface area contributed by atoms with Crippen LogP contribution in [0, 0.1) is 5.92 Å². The number of epoxide rings is 1. The maximum Gasteiger partial charge on any atom is 0.0989 e. The molecule has 0 spiro atoms. The molecule has 1 aliphatic heterocycles. The third-order valence-electron chi connectivity index (χ3n) is 4.21. The van der Waals surface area contributed by atoms with Crippen LogP contribution in [0.15, 0.2) is 23.8 Å². The summed E-state index contributed by atoms with van der Waals surface area (Å²) in [5.41, 5.74) is 2.52. The van der Waals surface area contributed by atoms with Gasteiger partial charge < -0.3 is 9.84 Å². The van der Waals surface area contributed by atoms with E-state index in [1.165, 1.54) is 11.1 Å². The monoisotopic (exact) mass is 236 g/mol. The van der Waals surface area contributed by atoms with Gasteiger partial charge in [-0.25, -0.2) is 0 Å². The molecule has 1 heterocycles. The van der Waals surface area contributed by atoms with Crippen LogP contribution in [0.5, 0.6) is 0 Å². The van der Waals surface area contributed by atoms with E-state index in [4.69, 9.17) is 4.74 Å². The Bertz CT molecular complexity index is 341. The predicted molar refractivity (Wildman–Crippen MR) is 69.8 cm³/mol. The number of rotatable bonds is 3. The third-order valence-corrected chi connectivity index (χ3v) is 4.21. The average Bonchev–Trinajstić information content (AvgIpc) is 2.92. The molecule has 2 fully saturated rings. The van der Waals surface area contributed by atoms with Crippen molar-refractivity contribution in [1.82, 2.24) is 0 Å². The van der Waals surface area contributed by atoms with E-state index >= 15 is 0 Å². The van der Waals surface area contributed by atoms with E-state index in [9.17, 15) is 5.11 Å². The van der Waals surface area contributed by atoms with Crippen LogP contribution in [0.3, 0.4) is 0 Å². The van der Waals surface area contributed by atoms with E-state index in [2.05, 4.69) is 33.4 Å². The SMILES string of the molecule is C=C1CCC(O)CC1C1(C)OC1CC=C(C)C. The Kier molecular flexibility index (Phi) is 3.46. The second kappa shape index (κ2) is 4.58. The van der Waals surface area contributed by atoms with E-state index in [0.29, 0.717) is 12.0 Å². The maximum absolute atomic E-state index is 9.78. The van der Waals surface area contributed by atoms with Crippen LogP contribution in [0.25, 0.3) is 0 Å². The lowest BCUT2D eigenvalue weighted by Gasteiger charge is -2.31. The summed E-state index contributed by atoms with van der Waals surface area (Å²) >= 11 is 0. The lowest BCUT2D eigenvalue weighted by atomic mass is 9.74. The molecule has 1 N–H and O–H groups in total. The molecule has 0 aromatic rings. The van der Waals surface area contributed by atoms with Gasteiger partial charge in [0.25, 0.3) is 0 Å². The largest absolute Gasteiger partial charge is 0.393 e. The Hall–Kier alpha value is -0.600. The molecule has 2 heteroatoms. The molecule has 0 radical (unpaired) electrons. The first-order valence-electron chi connectivity index (χ1n) is 6.60. The smallest absolute Gasteiger partial charge is 0.0989 e. The first-order chi connectivity index (χ1) is 7.93. The Balaban J connectivity index is 1.98. The number of allylic oxidation sites excluding steroid dienone is 1. The lowest BCUT2D eigenvalue weighted by molar-refractivity contribution is 0.0966. The highest BCUT2D eigenvalue weighted by atomic mass is 16.6. The molecule has 0 aromatic carbocycles. The van der Waals surface area contributed by atoms with Crippen molar-refractivity contribution in [2.45, 2.75) is 64.3 Å². The fourth-order valence-electron chi connectivity index (χ4n) is 2.93. The van der Waals surface area contributed by atoms with Crippen LogP contribution in [-0.2, 0) is 4.74 Å². The molecule has 1 aliphatic carbocycles. The molecule has 4 atom stereocenters. The fraction of sp³-hybridized carbons (Fsp3) is 0.733. The van der Waals surface area contributed by atoms with Gasteiger partial charge in [-0.2, -0.15) is 0 Å². The summed E-state index contributed by atoms with van der Waals surface area (Å²) in [6, 6.07) is 0. The highest BCUT2D eigenvalue weighted by molar-refractivity contribution is 5.20. The Morgan fingerprint density at radius 3 is 2.94 bits per heavy atom. The maximum atomic E-state index is 9.78. The lowest BCUT2D eigenvalue weighted by Crippen LogP contribution is -2.32. The summed E-state index contributed by atoms with van der Waals surface area (Å²) in [5.74, 6) is 0.335. The molecule has 2 nitrogen and oxygen atoms in total. The zero-order valence-corrected chi connectivity index (χ0v) is 11.2. The van der Waals surface area contributed by atoms with E-state index in [1.54, 1.807) is 0 Å². The number of ether oxygens (including phenoxy) is 1. The summed E-state index contributed by atoms with van der Waals surface area (Å²) in [6.45, 7) is 10.6. The number of aliphatic hydroxyl groups is 1. The Morgan fingerprint density at radius 2 is 2.29 bits per heavy atom. The van der Waals surface area contributed by atoms with E-state index in [1.807, 2.05) is 0 Å². The van der Waals surface area contributed by atoms with Crippen molar-refractivity contribution >= 4 is 0 Å². The van der Waals surface area contributed by atoms with Crippen LogP contribution in [0.2, 0.25) is 0 Å². The molecule has 1 saturated heterocycles. The highest BCUT2D eigenvalue weighted by Gasteiger charge is 2.57. The molecular weight excluding hydrogens is 212 g/mol. The minimum absolute atomic E-state index is 0.0789. The average molecular weight is 236 g/mol. The third kappa shape index (κ3) is 2.63. The molecule has 4 unspecified atom stereocenters. The van der Waals surface area contributed by atoms with Crippen LogP contribution in [-0.4, -0.2) is 22.9 Å². The summed E-state index contributed by atoms with van der Waals surface area (Å²) in [5, 5.41) is 9.78. The molecule has 1 saturated carbocycles. The van der Waals surface area contributed by atoms with Gasteiger partial charge in [-0.1, -0.05) is 23.8 Å². The molecule has 0 bridgehead atoms. The highest BCUT2D eigenvalue weighted by Crippen LogP contribution is 2.51. The van der Waals surface area contributed by atoms with Crippen LogP contribution in [0.1, 0.15) is 46.5 Å². The van der Waals surface area contributed by atoms with Gasteiger partial charge >= 0.3 is 0 Å². The predicted octanol–water partition coefficient (Wildman–Crippen LogP) is 3.22. The van der Waals surface area contributed by atoms with Crippen molar-refractivity contribution in [1.29, 1.82) is 0 Å². The van der Waals surface area contributed by atoms with Gasteiger partial charge in [-0.15, -0.1) is 0 Å². The van der Waals surface area contributed by atoms with E-state index in [-0.39, 0.29) is 11.7 Å². The van der Waals surface area contributed by atoms with Crippen molar-refractivity contribution in [3.63, 3.8) is 0 Å². The topological polar surface area (TPSA) is 32.8 Å². The van der Waals surface area contributed by atoms with Crippen molar-refractivity contribution in [2.24, 2.45) is 5.92 Å². The van der Waals surface area contributed by atoms with Gasteiger partial charge in [0, 0.05) is 5.92 Å². The number of hydrogen-bond acceptors (Lipinski definition) is 2. The quantitative estimate of drug-likeness (QED) is 0.603. The van der Waals surface area contributed by atoms with Gasteiger partial charge in [-0.3, -0.25) is 0 Å². The van der Waals surface area contributed by atoms with Gasteiger partial charge in [0.15, 0.2) is 0 Å². The standard InChI is InChI=1S/C15H24O2/c1-10(2)5-8-14-15(4,17-14)13-9-12(16)7-6-11(13)3/h5,12-14,16H,3,6-9H2,1-2,4H3. The zero-order valence-electron chi connectivity index (χ0n) is 11.2. The molecule has 2 aliphatic rings. The first-order valence-corrected chi connectivity index (χ1v) is 6.60. The number of hydrogen-bond donors (Lipinski definition) is 1. The normalized spacial score (nSPS) is 41.2. The van der Waals surface area contributed by atoms with Crippen molar-refractivity contribution in [2.75, 3.05) is 0 Å². The minimum Gasteiger partial charge on any atom is -0.393 e. The summed E-state index contributed by atoms with van der Waals surface area (Å²) in [4.78, 5) is 0. The van der Waals surface area contributed by atoms with Crippen molar-refractivity contribution in [3.05, 3.63) is 23.8 Å². The summed E-state index contributed by atoms with van der Waals surface area (Å²) in [6.07, 6.45) is 5.99. The van der Waals surface area contributed by atoms with Gasteiger partial charge in [0.05, 0.1) is 17.8 Å². The molecule has 0 aromatic heterocycles. The first kappa shape index (κ1) is 12.8. The van der Waals surface area contributed by atoms with Gasteiger partial charge in [0.2, 0.25) is 0 Å². The van der Waals surface area contributed by atoms with Gasteiger partial charge in [0.1, 0.15) is 0 Å². The van der Waals surface area contributed by atoms with Gasteiger partial charge in [-0.05, 0) is 46.5 Å².